The maximum Gasteiger partial charge on any atom is 0.257 e. The normalized spacial score (nSPS) is 17.8. The second-order valence-corrected chi connectivity index (χ2v) is 7.48. The van der Waals surface area contributed by atoms with Crippen LogP contribution in [0.1, 0.15) is 31.2 Å². The van der Waals surface area contributed by atoms with Gasteiger partial charge in [0.25, 0.3) is 5.91 Å². The lowest BCUT2D eigenvalue weighted by Gasteiger charge is -2.26. The second kappa shape index (κ2) is 9.09. The molecule has 0 atom stereocenters. The molecule has 2 aliphatic rings. The van der Waals surface area contributed by atoms with Crippen molar-refractivity contribution in [3.8, 4) is 5.75 Å². The molecule has 152 valence electrons. The van der Waals surface area contributed by atoms with Crippen molar-refractivity contribution in [1.82, 2.24) is 4.90 Å². The fraction of sp³-hybridized carbons (Fsp3) is 0.348. The highest BCUT2D eigenvalue weighted by molar-refractivity contribution is 6.31. The first-order valence-corrected chi connectivity index (χ1v) is 10.2. The molecule has 2 heterocycles. The van der Waals surface area contributed by atoms with E-state index in [0.29, 0.717) is 23.4 Å². The molecule has 5 nitrogen and oxygen atoms in total. The molecule has 0 aromatic heterocycles. The number of anilines is 2. The van der Waals surface area contributed by atoms with Gasteiger partial charge in [-0.2, -0.15) is 0 Å². The average Bonchev–Trinajstić information content (AvgIpc) is 3.05. The maximum absolute atomic E-state index is 13.3. The van der Waals surface area contributed by atoms with Crippen molar-refractivity contribution in [3.63, 3.8) is 0 Å². The lowest BCUT2D eigenvalue weighted by molar-refractivity contribution is -0.110. The molecule has 29 heavy (non-hydrogen) atoms. The van der Waals surface area contributed by atoms with E-state index in [2.05, 4.69) is 15.5 Å². The fourth-order valence-corrected chi connectivity index (χ4v) is 3.77. The van der Waals surface area contributed by atoms with Crippen LogP contribution in [0, 0.1) is 5.82 Å². The number of piperidine rings is 1. The van der Waals surface area contributed by atoms with Gasteiger partial charge in [0.15, 0.2) is 0 Å². The topological polar surface area (TPSA) is 53.6 Å². The summed E-state index contributed by atoms with van der Waals surface area (Å²) in [5.74, 6) is 0.220. The van der Waals surface area contributed by atoms with Crippen LogP contribution in [-0.4, -0.2) is 37.0 Å². The monoisotopic (exact) mass is 395 g/mol. The van der Waals surface area contributed by atoms with Crippen LogP contribution in [0.15, 0.2) is 48.7 Å². The number of carbonyl (C=O) groups excluding carboxylic acids is 1. The third-order valence-corrected chi connectivity index (χ3v) is 5.34. The number of hydrogen-bond acceptors (Lipinski definition) is 4. The molecule has 4 rings (SSSR count). The van der Waals surface area contributed by atoms with E-state index in [9.17, 15) is 9.18 Å². The molecule has 2 aromatic carbocycles. The van der Waals surface area contributed by atoms with E-state index >= 15 is 0 Å². The second-order valence-electron chi connectivity index (χ2n) is 7.48. The maximum atomic E-state index is 13.3. The molecule has 2 aliphatic heterocycles. The summed E-state index contributed by atoms with van der Waals surface area (Å²) in [6.45, 7) is 4.24. The number of ether oxygens (including phenoxy) is 1. The highest BCUT2D eigenvalue weighted by atomic mass is 19.1. The number of fused-ring (bicyclic) bond motifs is 1. The van der Waals surface area contributed by atoms with Crippen molar-refractivity contribution >= 4 is 22.9 Å². The number of nitrogens with zero attached hydrogens (tertiary/aromatic N) is 1. The van der Waals surface area contributed by atoms with Gasteiger partial charge in [-0.15, -0.1) is 0 Å². The molecule has 2 N–H and O–H groups in total. The number of rotatable bonds is 7. The van der Waals surface area contributed by atoms with Crippen LogP contribution in [0.3, 0.4) is 0 Å². The minimum Gasteiger partial charge on any atom is -0.494 e. The van der Waals surface area contributed by atoms with Crippen LogP contribution in [0.25, 0.3) is 5.57 Å². The van der Waals surface area contributed by atoms with Crippen molar-refractivity contribution in [2.24, 2.45) is 0 Å². The summed E-state index contributed by atoms with van der Waals surface area (Å²) in [7, 11) is 0. The fourth-order valence-electron chi connectivity index (χ4n) is 3.77. The van der Waals surface area contributed by atoms with Gasteiger partial charge in [0.1, 0.15) is 11.6 Å². The first-order valence-electron chi connectivity index (χ1n) is 10.2. The molecule has 2 aromatic rings. The third kappa shape index (κ3) is 4.95. The number of likely N-dealkylation sites (tertiary alicyclic amines) is 1. The molecule has 0 aliphatic carbocycles. The third-order valence-electron chi connectivity index (χ3n) is 5.34. The van der Waals surface area contributed by atoms with Crippen molar-refractivity contribution in [2.75, 3.05) is 36.9 Å². The van der Waals surface area contributed by atoms with E-state index in [-0.39, 0.29) is 11.7 Å². The summed E-state index contributed by atoms with van der Waals surface area (Å²) in [4.78, 5) is 14.6. The van der Waals surface area contributed by atoms with Gasteiger partial charge in [0.2, 0.25) is 0 Å². The highest BCUT2D eigenvalue weighted by Gasteiger charge is 2.24. The van der Waals surface area contributed by atoms with Crippen molar-refractivity contribution in [2.45, 2.75) is 25.7 Å². The van der Waals surface area contributed by atoms with Crippen LogP contribution in [0.4, 0.5) is 15.8 Å². The molecule has 1 fully saturated rings. The zero-order valence-corrected chi connectivity index (χ0v) is 16.4. The van der Waals surface area contributed by atoms with Gasteiger partial charge in [-0.05, 0) is 74.8 Å². The molecular formula is C23H26FN3O2. The number of hydrogen-bond donors (Lipinski definition) is 2. The number of benzene rings is 2. The van der Waals surface area contributed by atoms with Crippen LogP contribution in [0.2, 0.25) is 0 Å². The van der Waals surface area contributed by atoms with E-state index in [4.69, 9.17) is 4.74 Å². The van der Waals surface area contributed by atoms with Crippen molar-refractivity contribution in [1.29, 1.82) is 0 Å². The van der Waals surface area contributed by atoms with E-state index < -0.39 is 0 Å². The van der Waals surface area contributed by atoms with Gasteiger partial charge in [0.05, 0.1) is 17.9 Å². The van der Waals surface area contributed by atoms with Crippen LogP contribution in [-0.2, 0) is 4.79 Å². The zero-order chi connectivity index (χ0) is 20.1. The first kappa shape index (κ1) is 19.5. The van der Waals surface area contributed by atoms with Gasteiger partial charge < -0.3 is 20.3 Å². The van der Waals surface area contributed by atoms with E-state index in [1.807, 2.05) is 24.3 Å². The molecule has 1 amide bonds. The van der Waals surface area contributed by atoms with Gasteiger partial charge in [-0.3, -0.25) is 4.79 Å². The summed E-state index contributed by atoms with van der Waals surface area (Å²) < 4.78 is 19.1. The van der Waals surface area contributed by atoms with E-state index in [1.54, 1.807) is 12.3 Å². The lowest BCUT2D eigenvalue weighted by atomic mass is 10.1. The Kier molecular flexibility index (Phi) is 6.10. The molecule has 0 unspecified atom stereocenters. The smallest absolute Gasteiger partial charge is 0.257 e. The molecule has 1 saturated heterocycles. The van der Waals surface area contributed by atoms with Crippen molar-refractivity contribution < 1.29 is 13.9 Å². The number of nitrogens with one attached hydrogen (secondary N) is 2. The average molecular weight is 395 g/mol. The summed E-state index contributed by atoms with van der Waals surface area (Å²) >= 11 is 0. The van der Waals surface area contributed by atoms with Crippen LogP contribution in [0.5, 0.6) is 5.75 Å². The quantitative estimate of drug-likeness (QED) is 0.536. The highest BCUT2D eigenvalue weighted by Crippen LogP contribution is 2.32. The predicted molar refractivity (Wildman–Crippen MR) is 113 cm³/mol. The summed E-state index contributed by atoms with van der Waals surface area (Å²) in [5, 5.41) is 5.81. The standard InChI is InChI=1S/C23H26FN3O2/c24-17-5-10-20-21(23(28)26-22(20)15-17)16-25-18-6-8-19(9-7-18)29-14-4-13-27-11-2-1-3-12-27/h5-10,15-16,25H,1-4,11-14H2,(H,26,28). The number of amides is 1. The Balaban J connectivity index is 1.27. The van der Waals surface area contributed by atoms with Gasteiger partial charge in [0, 0.05) is 24.0 Å². The molecule has 0 spiro atoms. The van der Waals surface area contributed by atoms with Crippen LogP contribution < -0.4 is 15.4 Å². The van der Waals surface area contributed by atoms with Crippen molar-refractivity contribution in [3.05, 3.63) is 60.0 Å². The SMILES string of the molecule is O=C1Nc2cc(F)ccc2C1=CNc1ccc(OCCCN2CCCCC2)cc1. The van der Waals surface area contributed by atoms with Gasteiger partial charge in [-0.1, -0.05) is 6.42 Å². The Morgan fingerprint density at radius 1 is 1.10 bits per heavy atom. The van der Waals surface area contributed by atoms with Gasteiger partial charge >= 0.3 is 0 Å². The molecule has 0 bridgehead atoms. The lowest BCUT2D eigenvalue weighted by Crippen LogP contribution is -2.31. The minimum atomic E-state index is -0.371. The first-order chi connectivity index (χ1) is 14.2. The molecule has 6 heteroatoms. The van der Waals surface area contributed by atoms with Gasteiger partial charge in [-0.25, -0.2) is 4.39 Å². The summed E-state index contributed by atoms with van der Waals surface area (Å²) in [6.07, 6.45) is 6.67. The Morgan fingerprint density at radius 3 is 2.69 bits per heavy atom. The largest absolute Gasteiger partial charge is 0.494 e. The Hall–Kier alpha value is -2.86. The predicted octanol–water partition coefficient (Wildman–Crippen LogP) is 4.49. The Morgan fingerprint density at radius 2 is 1.90 bits per heavy atom. The number of carbonyl (C=O) groups is 1. The van der Waals surface area contributed by atoms with E-state index in [1.165, 1.54) is 44.5 Å². The molecule has 0 saturated carbocycles. The van der Waals surface area contributed by atoms with Crippen LogP contribution >= 0.6 is 0 Å². The number of halogens is 1. The summed E-state index contributed by atoms with van der Waals surface area (Å²) in [6, 6.07) is 11.9. The zero-order valence-electron chi connectivity index (χ0n) is 16.4. The Bertz CT molecular complexity index is 889. The molecular weight excluding hydrogens is 369 g/mol. The van der Waals surface area contributed by atoms with E-state index in [0.717, 1.165) is 24.4 Å². The molecule has 0 radical (unpaired) electrons. The Labute approximate surface area is 170 Å². The minimum absolute atomic E-state index is 0.244. The summed E-state index contributed by atoms with van der Waals surface area (Å²) in [5.41, 5.74) is 2.52.